The van der Waals surface area contributed by atoms with Gasteiger partial charge in [-0.15, -0.1) is 0 Å². The minimum absolute atomic E-state index is 0. The van der Waals surface area contributed by atoms with Gasteiger partial charge in [-0.25, -0.2) is 105 Å². The Bertz CT molecular complexity index is 2130. The molecule has 0 atom stereocenters. The largest absolute Gasteiger partial charge is 0.203 e. The molecule has 5 rings (SSSR count). The molecule has 27 heteroatoms. The van der Waals surface area contributed by atoms with Crippen molar-refractivity contribution in [2.75, 3.05) is 0 Å². The van der Waals surface area contributed by atoms with E-state index in [1.54, 1.807) is 0 Å². The normalized spacial score (nSPS) is 11.7. The molecule has 57 heavy (non-hydrogen) atoms. The fourth-order valence-electron chi connectivity index (χ4n) is 4.85. The van der Waals surface area contributed by atoms with Crippen molar-refractivity contribution >= 4 is 47.7 Å². The second kappa shape index (κ2) is 15.9. The van der Waals surface area contributed by atoms with Gasteiger partial charge in [0.2, 0.25) is 23.3 Å². The first-order valence-electron chi connectivity index (χ1n) is 13.4. The number of hydrogen-bond acceptors (Lipinski definition) is 0. The van der Waals surface area contributed by atoms with Crippen LogP contribution in [-0.4, -0.2) is 0 Å². The summed E-state index contributed by atoms with van der Waals surface area (Å²) in [6.45, 7) is 0. The average Bonchev–Trinajstić information content (AvgIpc) is 3.17. The van der Waals surface area contributed by atoms with Gasteiger partial charge in [-0.05, 0) is 0 Å². The van der Waals surface area contributed by atoms with Gasteiger partial charge in [0.05, 0.1) is 21.2 Å². The van der Waals surface area contributed by atoms with Crippen LogP contribution >= 0.6 is 15.8 Å². The van der Waals surface area contributed by atoms with Crippen LogP contribution in [0.2, 0.25) is 0 Å². The van der Waals surface area contributed by atoms with E-state index in [1.807, 2.05) is 0 Å². The van der Waals surface area contributed by atoms with Crippen LogP contribution in [0, 0.1) is 140 Å². The maximum absolute atomic E-state index is 16.1. The summed E-state index contributed by atoms with van der Waals surface area (Å²) < 4.78 is 358. The average molecular weight is 985 g/mol. The monoisotopic (exact) mass is 984 g/mol. The summed E-state index contributed by atoms with van der Waals surface area (Å²) in [6, 6.07) is 0. The molecule has 0 aromatic heterocycles. The smallest absolute Gasteiger partial charge is 0.200 e. The molecule has 0 aliphatic carbocycles. The van der Waals surface area contributed by atoms with Crippen molar-refractivity contribution < 1.29 is 126 Å². The number of benzene rings is 5. The third-order valence-electron chi connectivity index (χ3n) is 7.31. The Morgan fingerprint density at radius 3 is 0.351 bits per heavy atom. The first-order chi connectivity index (χ1) is 25.9. The van der Waals surface area contributed by atoms with Crippen molar-refractivity contribution in [3.63, 3.8) is 0 Å². The summed E-state index contributed by atoms with van der Waals surface area (Å²) in [7, 11) is -11.6. The zero-order valence-electron chi connectivity index (χ0n) is 25.3. The molecule has 0 aliphatic rings. The predicted molar refractivity (Wildman–Crippen MR) is 143 cm³/mol. The Labute approximate surface area is 312 Å². The molecule has 0 spiro atoms. The van der Waals surface area contributed by atoms with Crippen LogP contribution in [0.25, 0.3) is 0 Å². The van der Waals surface area contributed by atoms with Crippen molar-refractivity contribution in [2.45, 2.75) is 0 Å². The van der Waals surface area contributed by atoms with Gasteiger partial charge in [-0.1, -0.05) is 0 Å². The van der Waals surface area contributed by atoms with Crippen molar-refractivity contribution in [1.82, 2.24) is 0 Å². The fraction of sp³-hybridized carbons (Fsp3) is 0. The standard InChI is InChI=1S/C30F24P2.Pd/c31-1-5(35)15(45)25(16(46)6(1)36)55(26-17(47)7(37)2(32)8(38)18(26)48)29-23(53)13(43)14(44)24(54)30(29)56(27-19(49)9(39)3(33)10(40)20(27)50)28-21(51)11(41)4(34)12(42)22(28)52;. The van der Waals surface area contributed by atoms with Gasteiger partial charge in [-0.3, -0.25) is 0 Å². The zero-order chi connectivity index (χ0) is 42.5. The summed E-state index contributed by atoms with van der Waals surface area (Å²) in [5, 5.41) is -19.2. The number of halogens is 24. The van der Waals surface area contributed by atoms with E-state index in [0.717, 1.165) is 0 Å². The first kappa shape index (κ1) is 45.6. The van der Waals surface area contributed by atoms with E-state index in [0.29, 0.717) is 0 Å². The second-order valence-corrected chi connectivity index (χ2v) is 14.3. The van der Waals surface area contributed by atoms with Crippen molar-refractivity contribution in [1.29, 1.82) is 0 Å². The molecule has 0 aliphatic heterocycles. The van der Waals surface area contributed by atoms with Crippen LogP contribution in [0.4, 0.5) is 105 Å². The molecule has 0 radical (unpaired) electrons. The molecule has 0 nitrogen and oxygen atoms in total. The molecule has 0 saturated heterocycles. The van der Waals surface area contributed by atoms with E-state index in [4.69, 9.17) is 0 Å². The molecule has 5 aromatic carbocycles. The van der Waals surface area contributed by atoms with Crippen LogP contribution in [-0.2, 0) is 20.4 Å². The van der Waals surface area contributed by atoms with E-state index >= 15 is 52.7 Å². The molecule has 0 N–H and O–H groups in total. The summed E-state index contributed by atoms with van der Waals surface area (Å²) in [5.74, 6) is -82.8. The molecule has 0 fully saturated rings. The third-order valence-corrected chi connectivity index (χ3v) is 12.6. The third kappa shape index (κ3) is 6.62. The van der Waals surface area contributed by atoms with Gasteiger partial charge in [0.25, 0.3) is 0 Å². The summed E-state index contributed by atoms with van der Waals surface area (Å²) >= 11 is 0. The van der Waals surface area contributed by atoms with Gasteiger partial charge >= 0.3 is 0 Å². The second-order valence-electron chi connectivity index (χ2n) is 10.3. The van der Waals surface area contributed by atoms with Gasteiger partial charge < -0.3 is 0 Å². The zero-order valence-corrected chi connectivity index (χ0v) is 28.6. The molecule has 0 heterocycles. The Kier molecular flexibility index (Phi) is 12.8. The molecule has 308 valence electrons. The van der Waals surface area contributed by atoms with Crippen molar-refractivity contribution in [2.24, 2.45) is 0 Å². The van der Waals surface area contributed by atoms with E-state index < -0.39 is 187 Å². The van der Waals surface area contributed by atoms with Crippen LogP contribution in [0.15, 0.2) is 0 Å². The molecule has 0 amide bonds. The van der Waals surface area contributed by atoms with Gasteiger partial charge in [0.15, 0.2) is 116 Å². The van der Waals surface area contributed by atoms with Gasteiger partial charge in [-0.2, -0.15) is 0 Å². The van der Waals surface area contributed by atoms with Gasteiger partial charge in [0.1, 0.15) is 0 Å². The SMILES string of the molecule is Fc1c(F)c(F)c(P(c2c(F)c(F)c(F)c(F)c2F)c2c(F)c(F)c(F)c(F)c2P(c2c(F)c(F)c(F)c(F)c2F)c2c(F)c(F)c(F)c(F)c2F)c(F)c1F.[Pd]. The van der Waals surface area contributed by atoms with E-state index in [-0.39, 0.29) is 20.4 Å². The molecule has 0 bridgehead atoms. The van der Waals surface area contributed by atoms with Crippen LogP contribution in [0.5, 0.6) is 0 Å². The van der Waals surface area contributed by atoms with Crippen LogP contribution < -0.4 is 31.8 Å². The molecular weight excluding hydrogens is 985 g/mol. The summed E-state index contributed by atoms with van der Waals surface area (Å²) in [5.41, 5.74) is 0. The van der Waals surface area contributed by atoms with Crippen molar-refractivity contribution in [3.05, 3.63) is 140 Å². The Balaban J connectivity index is 0.00000720. The molecular formula is C30F24P2Pd. The summed E-state index contributed by atoms with van der Waals surface area (Å²) in [4.78, 5) is 0. The number of rotatable bonds is 6. The Hall–Kier alpha value is -4.06. The maximum Gasteiger partial charge on any atom is 0.200 e. The first-order valence-corrected chi connectivity index (χ1v) is 16.1. The number of hydrogen-bond donors (Lipinski definition) is 0. The van der Waals surface area contributed by atoms with Crippen molar-refractivity contribution in [3.8, 4) is 0 Å². The van der Waals surface area contributed by atoms with Crippen LogP contribution in [0.3, 0.4) is 0 Å². The minimum Gasteiger partial charge on any atom is -0.203 e. The molecule has 0 saturated carbocycles. The Morgan fingerprint density at radius 2 is 0.228 bits per heavy atom. The van der Waals surface area contributed by atoms with E-state index in [9.17, 15) is 52.7 Å². The summed E-state index contributed by atoms with van der Waals surface area (Å²) in [6.07, 6.45) is 0. The fourth-order valence-corrected chi connectivity index (χ4v) is 10.4. The predicted octanol–water partition coefficient (Wildman–Crippen LogP) is 8.54. The van der Waals surface area contributed by atoms with Gasteiger partial charge in [0, 0.05) is 46.9 Å². The Morgan fingerprint density at radius 1 is 0.140 bits per heavy atom. The quantitative estimate of drug-likeness (QED) is 0.0527. The van der Waals surface area contributed by atoms with E-state index in [1.165, 1.54) is 0 Å². The topological polar surface area (TPSA) is 0 Å². The molecule has 0 unspecified atom stereocenters. The van der Waals surface area contributed by atoms with Crippen LogP contribution in [0.1, 0.15) is 0 Å². The maximum atomic E-state index is 16.1. The molecule has 5 aromatic rings. The minimum atomic E-state index is -5.81. The van der Waals surface area contributed by atoms with E-state index in [2.05, 4.69) is 0 Å².